The minimum Gasteiger partial charge on any atom is -0.491 e. The quantitative estimate of drug-likeness (QED) is 0.321. The number of rotatable bonds is 11. The van der Waals surface area contributed by atoms with Gasteiger partial charge in [0.15, 0.2) is 0 Å². The minimum absolute atomic E-state index is 0.0519. The summed E-state index contributed by atoms with van der Waals surface area (Å²) < 4.78 is 5.51. The number of carboxylic acids is 1. The molecule has 1 aromatic rings. The predicted octanol–water partition coefficient (Wildman–Crippen LogP) is 3.20. The molecule has 0 spiro atoms. The van der Waals surface area contributed by atoms with Crippen LogP contribution in [0.5, 0.6) is 5.75 Å². The number of carbonyl (C=O) groups is 1. The largest absolute Gasteiger partial charge is 0.491 e. The highest BCUT2D eigenvalue weighted by Gasteiger charge is 2.39. The lowest BCUT2D eigenvalue weighted by Gasteiger charge is -2.19. The molecule has 4 N–H and O–H groups in total. The molecule has 0 aromatic heterocycles. The molecule has 0 amide bonds. The predicted molar refractivity (Wildman–Crippen MR) is 111 cm³/mol. The Morgan fingerprint density at radius 3 is 2.79 bits per heavy atom. The number of hydrogen-bond donors (Lipinski definition) is 4. The average molecular weight is 425 g/mol. The summed E-state index contributed by atoms with van der Waals surface area (Å²) in [6, 6.07) is 6.90. The highest BCUT2D eigenvalue weighted by atomic mass is 35.5. The van der Waals surface area contributed by atoms with Crippen LogP contribution in [-0.4, -0.2) is 51.3 Å². The number of aliphatic hydroxyl groups excluding tert-OH is 3. The van der Waals surface area contributed by atoms with E-state index < -0.39 is 24.3 Å². The molecular weight excluding hydrogens is 396 g/mol. The molecular formula is C22H29ClO6. The maximum atomic E-state index is 10.5. The van der Waals surface area contributed by atoms with Gasteiger partial charge < -0.3 is 25.2 Å². The SMILES string of the molecule is O=C(O)CCC/C=C\C[C@H]1[C@@H](/C=C/[C@H](O)COc2cccc(Cl)c2)[C@@H](O)C[C@H]1O. The Labute approximate surface area is 176 Å². The molecule has 6 nitrogen and oxygen atoms in total. The molecule has 160 valence electrons. The fraction of sp³-hybridized carbons (Fsp3) is 0.500. The van der Waals surface area contributed by atoms with E-state index in [0.717, 1.165) is 0 Å². The van der Waals surface area contributed by atoms with Gasteiger partial charge in [0.1, 0.15) is 18.5 Å². The number of hydrogen-bond acceptors (Lipinski definition) is 5. The van der Waals surface area contributed by atoms with E-state index in [4.69, 9.17) is 21.4 Å². The van der Waals surface area contributed by atoms with Crippen molar-refractivity contribution in [1.82, 2.24) is 0 Å². The fourth-order valence-electron chi connectivity index (χ4n) is 3.50. The van der Waals surface area contributed by atoms with Crippen LogP contribution in [0, 0.1) is 11.8 Å². The first-order chi connectivity index (χ1) is 13.9. The maximum absolute atomic E-state index is 10.5. The minimum atomic E-state index is -0.855. The van der Waals surface area contributed by atoms with Crippen molar-refractivity contribution in [3.05, 3.63) is 53.6 Å². The van der Waals surface area contributed by atoms with Crippen molar-refractivity contribution in [3.8, 4) is 5.75 Å². The van der Waals surface area contributed by atoms with Crippen LogP contribution in [0.25, 0.3) is 0 Å². The van der Waals surface area contributed by atoms with Gasteiger partial charge in [-0.2, -0.15) is 0 Å². The Morgan fingerprint density at radius 1 is 1.28 bits per heavy atom. The van der Waals surface area contributed by atoms with Gasteiger partial charge in [0.25, 0.3) is 0 Å². The zero-order valence-electron chi connectivity index (χ0n) is 16.2. The number of unbranched alkanes of at least 4 members (excludes halogenated alkanes) is 1. The molecule has 1 aromatic carbocycles. The third-order valence-electron chi connectivity index (χ3n) is 5.02. The number of aliphatic hydroxyl groups is 3. The summed E-state index contributed by atoms with van der Waals surface area (Å²) in [6.45, 7) is 0.0519. The number of ether oxygens (including phenoxy) is 1. The van der Waals surface area contributed by atoms with Crippen molar-refractivity contribution in [3.63, 3.8) is 0 Å². The van der Waals surface area contributed by atoms with Crippen LogP contribution in [-0.2, 0) is 4.79 Å². The van der Waals surface area contributed by atoms with Gasteiger partial charge in [-0.3, -0.25) is 4.79 Å². The highest BCUT2D eigenvalue weighted by Crippen LogP contribution is 2.36. The molecule has 0 saturated heterocycles. The van der Waals surface area contributed by atoms with Gasteiger partial charge in [0.05, 0.1) is 12.2 Å². The van der Waals surface area contributed by atoms with Crippen LogP contribution < -0.4 is 4.74 Å². The summed E-state index contributed by atoms with van der Waals surface area (Å²) in [5.41, 5.74) is 0. The van der Waals surface area contributed by atoms with E-state index in [0.29, 0.717) is 36.5 Å². The van der Waals surface area contributed by atoms with Crippen molar-refractivity contribution in [1.29, 1.82) is 0 Å². The van der Waals surface area contributed by atoms with Crippen molar-refractivity contribution in [2.24, 2.45) is 11.8 Å². The van der Waals surface area contributed by atoms with E-state index in [2.05, 4.69) is 0 Å². The van der Waals surface area contributed by atoms with Gasteiger partial charge in [0, 0.05) is 23.8 Å². The monoisotopic (exact) mass is 424 g/mol. The number of benzene rings is 1. The Morgan fingerprint density at radius 2 is 2.07 bits per heavy atom. The van der Waals surface area contributed by atoms with Gasteiger partial charge in [-0.25, -0.2) is 0 Å². The van der Waals surface area contributed by atoms with Gasteiger partial charge in [0.2, 0.25) is 0 Å². The highest BCUT2D eigenvalue weighted by molar-refractivity contribution is 6.30. The standard InChI is InChI=1S/C22H29ClO6/c23-15-6-5-7-17(12-15)29-14-16(24)10-11-19-18(20(25)13-21(19)26)8-3-1-2-4-9-22(27)28/h1,3,5-7,10-12,16,18-21,24-26H,2,4,8-9,13-14H2,(H,27,28)/b3-1-,11-10+/t16-,18-,19+,20+,21-/m0/s1. The molecule has 1 fully saturated rings. The van der Waals surface area contributed by atoms with Crippen LogP contribution in [0.15, 0.2) is 48.6 Å². The first kappa shape index (κ1) is 23.4. The molecule has 1 saturated carbocycles. The van der Waals surface area contributed by atoms with E-state index in [9.17, 15) is 20.1 Å². The van der Waals surface area contributed by atoms with Crippen molar-refractivity contribution >= 4 is 17.6 Å². The molecule has 0 bridgehead atoms. The van der Waals surface area contributed by atoms with E-state index >= 15 is 0 Å². The van der Waals surface area contributed by atoms with Crippen LogP contribution in [0.4, 0.5) is 0 Å². The van der Waals surface area contributed by atoms with E-state index in [1.54, 1.807) is 36.4 Å². The molecule has 0 aliphatic heterocycles. The molecule has 5 atom stereocenters. The normalized spacial score (nSPS) is 25.7. The van der Waals surface area contributed by atoms with E-state index in [1.165, 1.54) is 0 Å². The molecule has 0 unspecified atom stereocenters. The second-order valence-electron chi connectivity index (χ2n) is 7.33. The van der Waals surface area contributed by atoms with Gasteiger partial charge >= 0.3 is 5.97 Å². The summed E-state index contributed by atoms with van der Waals surface area (Å²) >= 11 is 5.90. The van der Waals surface area contributed by atoms with Crippen LogP contribution in [0.2, 0.25) is 5.02 Å². The third-order valence-corrected chi connectivity index (χ3v) is 5.26. The summed E-state index contributed by atoms with van der Waals surface area (Å²) in [6.07, 6.45) is 7.26. The molecule has 29 heavy (non-hydrogen) atoms. The zero-order valence-corrected chi connectivity index (χ0v) is 17.0. The van der Waals surface area contributed by atoms with Crippen molar-refractivity contribution in [2.75, 3.05) is 6.61 Å². The van der Waals surface area contributed by atoms with Gasteiger partial charge in [-0.1, -0.05) is 42.0 Å². The van der Waals surface area contributed by atoms with Crippen molar-refractivity contribution in [2.45, 2.75) is 50.4 Å². The fourth-order valence-corrected chi connectivity index (χ4v) is 3.68. The zero-order chi connectivity index (χ0) is 21.2. The summed E-state index contributed by atoms with van der Waals surface area (Å²) in [5.74, 6) is -0.671. The molecule has 7 heteroatoms. The average Bonchev–Trinajstić information content (AvgIpc) is 2.93. The lowest BCUT2D eigenvalue weighted by atomic mass is 9.89. The summed E-state index contributed by atoms with van der Waals surface area (Å²) in [4.78, 5) is 10.5. The van der Waals surface area contributed by atoms with Gasteiger partial charge in [-0.05, 0) is 43.4 Å². The molecule has 1 aliphatic carbocycles. The Hall–Kier alpha value is -1.86. The third kappa shape index (κ3) is 8.19. The molecule has 0 heterocycles. The second kappa shape index (κ2) is 12.0. The summed E-state index contributed by atoms with van der Waals surface area (Å²) in [5, 5.41) is 39.8. The van der Waals surface area contributed by atoms with Crippen LogP contribution in [0.1, 0.15) is 32.1 Å². The topological polar surface area (TPSA) is 107 Å². The van der Waals surface area contributed by atoms with E-state index in [1.807, 2.05) is 12.2 Å². The Bertz CT molecular complexity index is 704. The van der Waals surface area contributed by atoms with Crippen LogP contribution >= 0.6 is 11.6 Å². The maximum Gasteiger partial charge on any atom is 0.303 e. The first-order valence-corrected chi connectivity index (χ1v) is 10.2. The first-order valence-electron chi connectivity index (χ1n) is 9.84. The Balaban J connectivity index is 1.83. The number of aliphatic carboxylic acids is 1. The second-order valence-corrected chi connectivity index (χ2v) is 7.76. The molecule has 2 rings (SSSR count). The lowest BCUT2D eigenvalue weighted by molar-refractivity contribution is -0.137. The summed E-state index contributed by atoms with van der Waals surface area (Å²) in [7, 11) is 0. The Kier molecular flexibility index (Phi) is 9.67. The molecule has 1 aliphatic rings. The smallest absolute Gasteiger partial charge is 0.303 e. The number of carboxylic acid groups (broad SMARTS) is 1. The lowest BCUT2D eigenvalue weighted by Crippen LogP contribution is -2.21. The van der Waals surface area contributed by atoms with Gasteiger partial charge in [-0.15, -0.1) is 0 Å². The van der Waals surface area contributed by atoms with Crippen LogP contribution in [0.3, 0.4) is 0 Å². The number of allylic oxidation sites excluding steroid dienone is 2. The van der Waals surface area contributed by atoms with E-state index in [-0.39, 0.29) is 24.9 Å². The van der Waals surface area contributed by atoms with Crippen molar-refractivity contribution < 1.29 is 30.0 Å². The number of halogens is 1. The molecule has 0 radical (unpaired) electrons.